The summed E-state index contributed by atoms with van der Waals surface area (Å²) in [6.45, 7) is 0. The van der Waals surface area contributed by atoms with Crippen LogP contribution in [0.1, 0.15) is 10.4 Å². The minimum Gasteiger partial charge on any atom is -0.397 e. The van der Waals surface area contributed by atoms with Crippen LogP contribution in [-0.4, -0.2) is 20.9 Å². The highest BCUT2D eigenvalue weighted by atomic mass is 35.5. The van der Waals surface area contributed by atoms with Crippen LogP contribution in [-0.2, 0) is 0 Å². The van der Waals surface area contributed by atoms with Crippen molar-refractivity contribution in [2.75, 3.05) is 11.1 Å². The topological polar surface area (TPSA) is 117 Å². The van der Waals surface area contributed by atoms with Crippen LogP contribution in [0.2, 0.25) is 5.15 Å². The van der Waals surface area contributed by atoms with Crippen molar-refractivity contribution in [1.82, 2.24) is 15.0 Å². The molecule has 0 aliphatic heterocycles. The number of carbonyl (C=O) groups is 1. The summed E-state index contributed by atoms with van der Waals surface area (Å²) in [5.41, 5.74) is 7.57. The number of pyridine rings is 1. The molecule has 1 aromatic carbocycles. The third kappa shape index (κ3) is 2.59. The Morgan fingerprint density at radius 3 is 2.81 bits per heavy atom. The Morgan fingerprint density at radius 2 is 2.00 bits per heavy atom. The number of hydrogen-bond donors (Lipinski definition) is 4. The Morgan fingerprint density at radius 1 is 1.24 bits per heavy atom. The maximum atomic E-state index is 12.2. The number of imidazole rings is 1. The second-order valence-electron chi connectivity index (χ2n) is 4.40. The van der Waals surface area contributed by atoms with Crippen molar-refractivity contribution in [1.29, 1.82) is 0 Å². The molecule has 5 N–H and O–H groups in total. The van der Waals surface area contributed by atoms with Gasteiger partial charge in [0.1, 0.15) is 5.15 Å². The number of benzene rings is 1. The monoisotopic (exact) mass is 303 g/mol. The fourth-order valence-electron chi connectivity index (χ4n) is 1.93. The number of aromatic amines is 2. The molecular weight excluding hydrogens is 294 g/mol. The molecule has 0 bridgehead atoms. The Hall–Kier alpha value is -2.80. The molecule has 2 heterocycles. The average Bonchev–Trinajstić information content (AvgIpc) is 2.80. The van der Waals surface area contributed by atoms with E-state index in [4.69, 9.17) is 17.3 Å². The summed E-state index contributed by atoms with van der Waals surface area (Å²) in [5.74, 6) is -0.433. The molecule has 1 amide bonds. The minimum absolute atomic E-state index is 0.0674. The van der Waals surface area contributed by atoms with Gasteiger partial charge in [0.05, 0.1) is 28.5 Å². The summed E-state index contributed by atoms with van der Waals surface area (Å²) >= 11 is 5.88. The van der Waals surface area contributed by atoms with Gasteiger partial charge in [-0.25, -0.2) is 9.78 Å². The number of halogens is 1. The Kier molecular flexibility index (Phi) is 3.11. The van der Waals surface area contributed by atoms with Crippen LogP contribution in [0.15, 0.2) is 35.3 Å². The number of nitrogens with zero attached hydrogens (tertiary/aromatic N) is 1. The highest BCUT2D eigenvalue weighted by Gasteiger charge is 2.12. The smallest absolute Gasteiger partial charge is 0.323 e. The van der Waals surface area contributed by atoms with Gasteiger partial charge in [-0.2, -0.15) is 0 Å². The third-order valence-electron chi connectivity index (χ3n) is 2.88. The number of fused-ring (bicyclic) bond motifs is 1. The van der Waals surface area contributed by atoms with Crippen LogP contribution >= 0.6 is 11.6 Å². The molecule has 21 heavy (non-hydrogen) atoms. The molecule has 0 saturated carbocycles. The second kappa shape index (κ2) is 4.95. The van der Waals surface area contributed by atoms with E-state index in [1.165, 1.54) is 12.3 Å². The van der Waals surface area contributed by atoms with Crippen LogP contribution in [0.3, 0.4) is 0 Å². The zero-order valence-corrected chi connectivity index (χ0v) is 11.4. The molecule has 0 unspecified atom stereocenters. The van der Waals surface area contributed by atoms with E-state index in [9.17, 15) is 9.59 Å². The standard InChI is InChI=1S/C13H10ClN5O2/c14-11-8(3-6(15)5-16-11)12(20)17-7-1-2-9-10(4-7)19-13(21)18-9/h1-5H,15H2,(H,17,20)(H2,18,19,21). The molecule has 0 atom stereocenters. The molecule has 0 aliphatic rings. The van der Waals surface area contributed by atoms with E-state index in [1.54, 1.807) is 18.2 Å². The second-order valence-corrected chi connectivity index (χ2v) is 4.76. The van der Waals surface area contributed by atoms with Gasteiger partial charge in [0.25, 0.3) is 5.91 Å². The van der Waals surface area contributed by atoms with Crippen molar-refractivity contribution in [2.45, 2.75) is 0 Å². The molecule has 0 saturated heterocycles. The number of nitrogens with one attached hydrogen (secondary N) is 3. The maximum Gasteiger partial charge on any atom is 0.323 e. The van der Waals surface area contributed by atoms with Gasteiger partial charge >= 0.3 is 5.69 Å². The van der Waals surface area contributed by atoms with Crippen molar-refractivity contribution in [3.05, 3.63) is 51.7 Å². The van der Waals surface area contributed by atoms with Gasteiger partial charge in [-0.15, -0.1) is 0 Å². The molecule has 3 aromatic rings. The van der Waals surface area contributed by atoms with Crippen molar-refractivity contribution in [3.63, 3.8) is 0 Å². The number of H-pyrrole nitrogens is 2. The molecular formula is C13H10ClN5O2. The summed E-state index contributed by atoms with van der Waals surface area (Å²) in [4.78, 5) is 32.4. The Labute approximate surface area is 123 Å². The van der Waals surface area contributed by atoms with E-state index in [2.05, 4.69) is 20.3 Å². The quantitative estimate of drug-likeness (QED) is 0.539. The number of rotatable bonds is 2. The van der Waals surface area contributed by atoms with Crippen LogP contribution in [0.25, 0.3) is 11.0 Å². The summed E-state index contributed by atoms with van der Waals surface area (Å²) in [7, 11) is 0. The molecule has 2 aromatic heterocycles. The largest absolute Gasteiger partial charge is 0.397 e. The average molecular weight is 304 g/mol. The number of amides is 1. The van der Waals surface area contributed by atoms with Crippen molar-refractivity contribution in [2.24, 2.45) is 0 Å². The van der Waals surface area contributed by atoms with Crippen LogP contribution < -0.4 is 16.7 Å². The zero-order chi connectivity index (χ0) is 15.0. The van der Waals surface area contributed by atoms with Gasteiger partial charge in [-0.05, 0) is 24.3 Å². The predicted octanol–water partition coefficient (Wildman–Crippen LogP) is 1.74. The first-order chi connectivity index (χ1) is 10.0. The van der Waals surface area contributed by atoms with E-state index in [0.717, 1.165) is 0 Å². The molecule has 0 radical (unpaired) electrons. The Balaban J connectivity index is 1.92. The minimum atomic E-state index is -0.433. The summed E-state index contributed by atoms with van der Waals surface area (Å²) in [5, 5.41) is 2.74. The van der Waals surface area contributed by atoms with Gasteiger partial charge < -0.3 is 21.0 Å². The third-order valence-corrected chi connectivity index (χ3v) is 3.18. The molecule has 7 nitrogen and oxygen atoms in total. The summed E-state index contributed by atoms with van der Waals surface area (Å²) < 4.78 is 0. The number of anilines is 2. The van der Waals surface area contributed by atoms with E-state index in [0.29, 0.717) is 22.4 Å². The number of nitrogens with two attached hydrogens (primary N) is 1. The lowest BCUT2D eigenvalue weighted by Gasteiger charge is -2.07. The SMILES string of the molecule is Nc1cnc(Cl)c(C(=O)Nc2ccc3[nH]c(=O)[nH]c3c2)c1. The van der Waals surface area contributed by atoms with Crippen LogP contribution in [0, 0.1) is 0 Å². The summed E-state index contributed by atoms with van der Waals surface area (Å²) in [6, 6.07) is 6.43. The van der Waals surface area contributed by atoms with Crippen LogP contribution in [0.5, 0.6) is 0 Å². The highest BCUT2D eigenvalue weighted by Crippen LogP contribution is 2.19. The van der Waals surface area contributed by atoms with Crippen LogP contribution in [0.4, 0.5) is 11.4 Å². The lowest BCUT2D eigenvalue weighted by molar-refractivity contribution is 0.102. The van der Waals surface area contributed by atoms with Gasteiger partial charge in [0.15, 0.2) is 0 Å². The maximum absolute atomic E-state index is 12.2. The van der Waals surface area contributed by atoms with Gasteiger partial charge in [0, 0.05) is 5.69 Å². The fourth-order valence-corrected chi connectivity index (χ4v) is 2.12. The normalized spacial score (nSPS) is 10.7. The highest BCUT2D eigenvalue weighted by molar-refractivity contribution is 6.33. The lowest BCUT2D eigenvalue weighted by Crippen LogP contribution is -2.13. The molecule has 8 heteroatoms. The van der Waals surface area contributed by atoms with E-state index >= 15 is 0 Å². The van der Waals surface area contributed by atoms with Crippen molar-refractivity contribution < 1.29 is 4.79 Å². The first kappa shape index (κ1) is 13.2. The van der Waals surface area contributed by atoms with Gasteiger partial charge in [-0.3, -0.25) is 4.79 Å². The van der Waals surface area contributed by atoms with E-state index < -0.39 is 5.91 Å². The first-order valence-electron chi connectivity index (χ1n) is 5.97. The molecule has 0 spiro atoms. The van der Waals surface area contributed by atoms with Gasteiger partial charge in [0.2, 0.25) is 0 Å². The summed E-state index contributed by atoms with van der Waals surface area (Å²) in [6.07, 6.45) is 1.37. The number of carbonyl (C=O) groups excluding carboxylic acids is 1. The number of aromatic nitrogens is 3. The van der Waals surface area contributed by atoms with E-state index in [-0.39, 0.29) is 16.4 Å². The van der Waals surface area contributed by atoms with E-state index in [1.807, 2.05) is 0 Å². The molecule has 106 valence electrons. The number of hydrogen-bond acceptors (Lipinski definition) is 4. The van der Waals surface area contributed by atoms with Crippen molar-refractivity contribution in [3.8, 4) is 0 Å². The lowest BCUT2D eigenvalue weighted by atomic mass is 10.2. The predicted molar refractivity (Wildman–Crippen MR) is 80.5 cm³/mol. The van der Waals surface area contributed by atoms with Gasteiger partial charge in [-0.1, -0.05) is 11.6 Å². The molecule has 0 fully saturated rings. The van der Waals surface area contributed by atoms with Crippen molar-refractivity contribution >= 4 is 39.9 Å². The fraction of sp³-hybridized carbons (Fsp3) is 0. The molecule has 3 rings (SSSR count). The zero-order valence-electron chi connectivity index (χ0n) is 10.6. The Bertz CT molecular complexity index is 899. The molecule has 0 aliphatic carbocycles. The number of nitrogen functional groups attached to an aromatic ring is 1. The first-order valence-corrected chi connectivity index (χ1v) is 6.35.